The first-order valence-corrected chi connectivity index (χ1v) is 10.4. The molecule has 4 rings (SSSR count). The molecule has 1 aromatic heterocycles. The quantitative estimate of drug-likeness (QED) is 0.591. The molecular weight excluding hydrogens is 392 g/mol. The van der Waals surface area contributed by atoms with Crippen LogP contribution in [0.15, 0.2) is 60.7 Å². The number of nitrogens with one attached hydrogen (secondary N) is 1. The summed E-state index contributed by atoms with van der Waals surface area (Å²) in [7, 11) is 0. The summed E-state index contributed by atoms with van der Waals surface area (Å²) < 4.78 is 17.9. The van der Waals surface area contributed by atoms with Gasteiger partial charge in [-0.3, -0.25) is 0 Å². The van der Waals surface area contributed by atoms with Crippen LogP contribution < -0.4 is 19.5 Å². The number of hydrogen-bond donors (Lipinski definition) is 1. The van der Waals surface area contributed by atoms with Gasteiger partial charge in [0.2, 0.25) is 0 Å². The van der Waals surface area contributed by atoms with E-state index in [4.69, 9.17) is 14.2 Å². The molecule has 31 heavy (non-hydrogen) atoms. The summed E-state index contributed by atoms with van der Waals surface area (Å²) in [6.45, 7) is 8.69. The summed E-state index contributed by atoms with van der Waals surface area (Å²) in [6, 6.07) is 19.1. The third kappa shape index (κ3) is 5.92. The topological polar surface area (TPSA) is 78.4 Å². The van der Waals surface area contributed by atoms with Gasteiger partial charge < -0.3 is 19.5 Å². The van der Waals surface area contributed by atoms with Crippen LogP contribution in [0.25, 0.3) is 0 Å². The fourth-order valence-corrected chi connectivity index (χ4v) is 4.11. The molecule has 0 unspecified atom stereocenters. The second-order valence-corrected chi connectivity index (χ2v) is 9.05. The van der Waals surface area contributed by atoms with Gasteiger partial charge >= 0.3 is 18.0 Å². The maximum Gasteiger partial charge on any atom is 0.331 e. The van der Waals surface area contributed by atoms with Gasteiger partial charge in [0.05, 0.1) is 0 Å². The molecule has 7 nitrogen and oxygen atoms in total. The molecule has 162 valence electrons. The Morgan fingerprint density at radius 1 is 0.677 bits per heavy atom. The molecule has 0 aliphatic carbocycles. The van der Waals surface area contributed by atoms with Gasteiger partial charge in [-0.2, -0.15) is 0 Å². The minimum atomic E-state index is -0.0633. The Morgan fingerprint density at radius 2 is 1.10 bits per heavy atom. The first-order valence-electron chi connectivity index (χ1n) is 10.4. The van der Waals surface area contributed by atoms with Crippen LogP contribution >= 0.6 is 0 Å². The Bertz CT molecular complexity index is 934. The number of rotatable bonds is 6. The molecule has 7 heteroatoms. The van der Waals surface area contributed by atoms with E-state index >= 15 is 0 Å². The highest BCUT2D eigenvalue weighted by molar-refractivity contribution is 5.27. The van der Waals surface area contributed by atoms with Gasteiger partial charge in [-0.05, 0) is 52.0 Å². The van der Waals surface area contributed by atoms with Crippen molar-refractivity contribution in [1.29, 1.82) is 0 Å². The lowest BCUT2D eigenvalue weighted by Gasteiger charge is -2.45. The van der Waals surface area contributed by atoms with Gasteiger partial charge in [-0.15, -0.1) is 15.0 Å². The van der Waals surface area contributed by atoms with E-state index in [-0.39, 0.29) is 35.2 Å². The molecule has 1 N–H and O–H groups in total. The molecule has 3 aromatic rings. The summed E-state index contributed by atoms with van der Waals surface area (Å²) in [5.41, 5.74) is -0.127. The predicted molar refractivity (Wildman–Crippen MR) is 118 cm³/mol. The van der Waals surface area contributed by atoms with Crippen LogP contribution in [0.4, 0.5) is 0 Å². The molecule has 1 aliphatic rings. The Balaban J connectivity index is 1.61. The average molecular weight is 421 g/mol. The number of piperidine rings is 1. The van der Waals surface area contributed by atoms with Crippen LogP contribution in [0.3, 0.4) is 0 Å². The van der Waals surface area contributed by atoms with Crippen molar-refractivity contribution in [3.63, 3.8) is 0 Å². The van der Waals surface area contributed by atoms with E-state index in [0.29, 0.717) is 11.5 Å². The maximum absolute atomic E-state index is 6.22. The number of benzene rings is 2. The smallest absolute Gasteiger partial charge is 0.331 e. The van der Waals surface area contributed by atoms with Crippen LogP contribution in [0.5, 0.6) is 29.5 Å². The Hall–Kier alpha value is -3.19. The Kier molecular flexibility index (Phi) is 5.78. The van der Waals surface area contributed by atoms with E-state index in [1.165, 1.54) is 0 Å². The van der Waals surface area contributed by atoms with E-state index in [0.717, 1.165) is 12.8 Å². The second-order valence-electron chi connectivity index (χ2n) is 9.05. The zero-order valence-corrected chi connectivity index (χ0v) is 18.3. The van der Waals surface area contributed by atoms with Crippen molar-refractivity contribution < 1.29 is 14.2 Å². The van der Waals surface area contributed by atoms with Crippen molar-refractivity contribution in [2.75, 3.05) is 0 Å². The fraction of sp³-hybridized carbons (Fsp3) is 0.375. The second kappa shape index (κ2) is 8.51. The third-order valence-electron chi connectivity index (χ3n) is 4.90. The predicted octanol–water partition coefficient (Wildman–Crippen LogP) is 5.14. The minimum absolute atomic E-state index is 0.0530. The number of ether oxygens (including phenoxy) is 3. The molecule has 0 bridgehead atoms. The lowest BCUT2D eigenvalue weighted by atomic mass is 9.81. The molecule has 0 amide bonds. The molecule has 0 radical (unpaired) electrons. The van der Waals surface area contributed by atoms with Crippen molar-refractivity contribution in [2.24, 2.45) is 0 Å². The van der Waals surface area contributed by atoms with Crippen LogP contribution in [-0.2, 0) is 0 Å². The van der Waals surface area contributed by atoms with E-state index < -0.39 is 0 Å². The highest BCUT2D eigenvalue weighted by atomic mass is 16.5. The monoisotopic (exact) mass is 420 g/mol. The summed E-state index contributed by atoms with van der Waals surface area (Å²) in [4.78, 5) is 13.1. The summed E-state index contributed by atoms with van der Waals surface area (Å²) >= 11 is 0. The molecule has 2 aromatic carbocycles. The zero-order chi connectivity index (χ0) is 21.9. The fourth-order valence-electron chi connectivity index (χ4n) is 4.11. The van der Waals surface area contributed by atoms with E-state index in [2.05, 4.69) is 48.0 Å². The van der Waals surface area contributed by atoms with Gasteiger partial charge in [0.25, 0.3) is 0 Å². The SMILES string of the molecule is CC1(C)CC(Oc2nc(Oc3ccccc3)nc(Oc3ccccc3)n2)CC(C)(C)N1. The molecule has 1 aliphatic heterocycles. The number of para-hydroxylation sites is 2. The van der Waals surface area contributed by atoms with Gasteiger partial charge in [-0.25, -0.2) is 0 Å². The van der Waals surface area contributed by atoms with Gasteiger partial charge in [0, 0.05) is 23.9 Å². The summed E-state index contributed by atoms with van der Waals surface area (Å²) in [6.07, 6.45) is 1.60. The zero-order valence-electron chi connectivity index (χ0n) is 18.3. The molecule has 0 spiro atoms. The molecule has 2 heterocycles. The minimum Gasteiger partial charge on any atom is -0.460 e. The van der Waals surface area contributed by atoms with Crippen molar-refractivity contribution >= 4 is 0 Å². The van der Waals surface area contributed by atoms with Gasteiger partial charge in [0.1, 0.15) is 17.6 Å². The van der Waals surface area contributed by atoms with Crippen LogP contribution in [-0.4, -0.2) is 32.1 Å². The van der Waals surface area contributed by atoms with Gasteiger partial charge in [-0.1, -0.05) is 36.4 Å². The number of nitrogens with zero attached hydrogens (tertiary/aromatic N) is 3. The lowest BCUT2D eigenvalue weighted by Crippen LogP contribution is -2.60. The van der Waals surface area contributed by atoms with Crippen molar-refractivity contribution in [2.45, 2.75) is 57.7 Å². The molecule has 1 fully saturated rings. The average Bonchev–Trinajstić information content (AvgIpc) is 2.67. The largest absolute Gasteiger partial charge is 0.460 e. The van der Waals surface area contributed by atoms with Crippen molar-refractivity contribution in [1.82, 2.24) is 20.3 Å². The molecule has 0 atom stereocenters. The van der Waals surface area contributed by atoms with Crippen molar-refractivity contribution in [3.8, 4) is 29.5 Å². The highest BCUT2D eigenvalue weighted by Gasteiger charge is 2.39. The van der Waals surface area contributed by atoms with Gasteiger partial charge in [0.15, 0.2) is 0 Å². The Morgan fingerprint density at radius 3 is 1.55 bits per heavy atom. The van der Waals surface area contributed by atoms with E-state index in [1.807, 2.05) is 60.7 Å². The first-order chi connectivity index (χ1) is 14.8. The third-order valence-corrected chi connectivity index (χ3v) is 4.90. The highest BCUT2D eigenvalue weighted by Crippen LogP contribution is 2.32. The van der Waals surface area contributed by atoms with Crippen LogP contribution in [0, 0.1) is 0 Å². The van der Waals surface area contributed by atoms with Crippen LogP contribution in [0.2, 0.25) is 0 Å². The maximum atomic E-state index is 6.22. The molecular formula is C24H28N4O3. The standard InChI is InChI=1S/C24H28N4O3/c1-23(2)15-19(16-24(3,4)28-23)31-22-26-20(29-17-11-7-5-8-12-17)25-21(27-22)30-18-13-9-6-10-14-18/h5-14,19,28H,15-16H2,1-4H3. The number of hydrogen-bond acceptors (Lipinski definition) is 7. The normalized spacial score (nSPS) is 17.7. The Labute approximate surface area is 182 Å². The van der Waals surface area contributed by atoms with Crippen LogP contribution in [0.1, 0.15) is 40.5 Å². The summed E-state index contributed by atoms with van der Waals surface area (Å²) in [5, 5.41) is 3.65. The van der Waals surface area contributed by atoms with E-state index in [1.54, 1.807) is 0 Å². The van der Waals surface area contributed by atoms with Crippen molar-refractivity contribution in [3.05, 3.63) is 60.7 Å². The molecule has 0 saturated carbocycles. The molecule has 1 saturated heterocycles. The number of aromatic nitrogens is 3. The van der Waals surface area contributed by atoms with E-state index in [9.17, 15) is 0 Å². The first kappa shape index (κ1) is 21.1. The summed E-state index contributed by atoms with van der Waals surface area (Å²) in [5.74, 6) is 1.24. The lowest BCUT2D eigenvalue weighted by molar-refractivity contribution is 0.0488.